The molecule has 0 aliphatic heterocycles. The maximum atomic E-state index is 3.85. The summed E-state index contributed by atoms with van der Waals surface area (Å²) < 4.78 is 0. The average molecular weight is 139 g/mol. The quantitative estimate of drug-likeness (QED) is 0.522. The second kappa shape index (κ2) is 4.54. The molecule has 10 heavy (non-hydrogen) atoms. The third-order valence-corrected chi connectivity index (χ3v) is 1.63. The summed E-state index contributed by atoms with van der Waals surface area (Å²) in [4.78, 5) is 0. The van der Waals surface area contributed by atoms with Crippen LogP contribution < -0.4 is 0 Å². The molecule has 0 amide bonds. The van der Waals surface area contributed by atoms with Crippen LogP contribution >= 0.6 is 0 Å². The highest BCUT2D eigenvalue weighted by atomic mass is 14.2. The Morgan fingerprint density at radius 1 is 1.40 bits per heavy atom. The fourth-order valence-electron chi connectivity index (χ4n) is 0.976. The first kappa shape index (κ1) is 9.74. The van der Waals surface area contributed by atoms with Crippen molar-refractivity contribution >= 4 is 0 Å². The lowest BCUT2D eigenvalue weighted by Gasteiger charge is -2.18. The molecule has 0 aliphatic carbocycles. The Bertz CT molecular complexity index is 98.6. The minimum absolute atomic E-state index is 0.359. The monoisotopic (exact) mass is 139 g/mol. The van der Waals surface area contributed by atoms with E-state index >= 15 is 0 Å². The topological polar surface area (TPSA) is 0 Å². The molecule has 59 valence electrons. The van der Waals surface area contributed by atoms with Crippen LogP contribution in [0.2, 0.25) is 0 Å². The second-order valence-corrected chi connectivity index (χ2v) is 3.40. The standard InChI is InChI=1S/C10H19/c1-5-7-9-10(3,4)8-6-2/h7,9H,2,5-6,8H2,1,3-4H3/b9-7+. The zero-order chi connectivity index (χ0) is 8.04. The Balaban J connectivity index is 3.73. The lowest BCUT2D eigenvalue weighted by Crippen LogP contribution is -2.05. The molecule has 0 rings (SSSR count). The van der Waals surface area contributed by atoms with Gasteiger partial charge >= 0.3 is 0 Å². The summed E-state index contributed by atoms with van der Waals surface area (Å²) >= 11 is 0. The summed E-state index contributed by atoms with van der Waals surface area (Å²) in [6, 6.07) is 0. The molecule has 0 atom stereocenters. The van der Waals surface area contributed by atoms with Gasteiger partial charge < -0.3 is 0 Å². The summed E-state index contributed by atoms with van der Waals surface area (Å²) in [6.45, 7) is 10.5. The molecule has 0 aliphatic rings. The number of rotatable bonds is 4. The molecular weight excluding hydrogens is 120 g/mol. The normalized spacial score (nSPS) is 12.8. The van der Waals surface area contributed by atoms with Crippen LogP contribution in [0, 0.1) is 12.3 Å². The smallest absolute Gasteiger partial charge is 0.0175 e. The van der Waals surface area contributed by atoms with Gasteiger partial charge in [0.2, 0.25) is 0 Å². The maximum Gasteiger partial charge on any atom is -0.0175 e. The van der Waals surface area contributed by atoms with Crippen molar-refractivity contribution < 1.29 is 0 Å². The van der Waals surface area contributed by atoms with Gasteiger partial charge in [0, 0.05) is 0 Å². The van der Waals surface area contributed by atoms with E-state index in [-0.39, 0.29) is 0 Å². The van der Waals surface area contributed by atoms with Crippen LogP contribution in [0.4, 0.5) is 0 Å². The molecular formula is C10H19. The summed E-state index contributed by atoms with van der Waals surface area (Å²) in [5, 5.41) is 0. The highest BCUT2D eigenvalue weighted by Crippen LogP contribution is 2.23. The number of hydrogen-bond donors (Lipinski definition) is 0. The Morgan fingerprint density at radius 2 is 2.00 bits per heavy atom. The van der Waals surface area contributed by atoms with Crippen LogP contribution in [0.15, 0.2) is 12.2 Å². The van der Waals surface area contributed by atoms with Gasteiger partial charge in [0.25, 0.3) is 0 Å². The predicted molar refractivity (Wildman–Crippen MR) is 47.8 cm³/mol. The SMILES string of the molecule is [CH2]CCC(C)(C)/C=C/CC. The fourth-order valence-corrected chi connectivity index (χ4v) is 0.976. The van der Waals surface area contributed by atoms with E-state index in [1.54, 1.807) is 0 Å². The van der Waals surface area contributed by atoms with Crippen molar-refractivity contribution in [1.29, 1.82) is 0 Å². The lowest BCUT2D eigenvalue weighted by molar-refractivity contribution is 0.440. The van der Waals surface area contributed by atoms with Crippen molar-refractivity contribution in [2.24, 2.45) is 5.41 Å². The van der Waals surface area contributed by atoms with Crippen LogP contribution in [0.5, 0.6) is 0 Å². The number of allylic oxidation sites excluding steroid dienone is 2. The third kappa shape index (κ3) is 4.60. The van der Waals surface area contributed by atoms with Gasteiger partial charge in [0.15, 0.2) is 0 Å². The van der Waals surface area contributed by atoms with Crippen molar-refractivity contribution in [2.75, 3.05) is 0 Å². The third-order valence-electron chi connectivity index (χ3n) is 1.63. The first-order valence-electron chi connectivity index (χ1n) is 4.09. The van der Waals surface area contributed by atoms with Gasteiger partial charge in [-0.1, -0.05) is 46.3 Å². The van der Waals surface area contributed by atoms with E-state index in [1.807, 2.05) is 0 Å². The van der Waals surface area contributed by atoms with Crippen molar-refractivity contribution in [3.05, 3.63) is 19.1 Å². The van der Waals surface area contributed by atoms with Crippen molar-refractivity contribution in [3.8, 4) is 0 Å². The zero-order valence-corrected chi connectivity index (χ0v) is 7.48. The molecule has 0 unspecified atom stereocenters. The van der Waals surface area contributed by atoms with Gasteiger partial charge in [0.1, 0.15) is 0 Å². The molecule has 0 aromatic carbocycles. The fraction of sp³-hybridized carbons (Fsp3) is 0.700. The molecule has 0 spiro atoms. The largest absolute Gasteiger partial charge is 0.0883 e. The number of hydrogen-bond acceptors (Lipinski definition) is 0. The van der Waals surface area contributed by atoms with E-state index in [2.05, 4.69) is 39.8 Å². The van der Waals surface area contributed by atoms with Gasteiger partial charge in [-0.2, -0.15) is 0 Å². The van der Waals surface area contributed by atoms with Crippen LogP contribution in [0.1, 0.15) is 40.0 Å². The van der Waals surface area contributed by atoms with Crippen LogP contribution in [0.3, 0.4) is 0 Å². The molecule has 0 fully saturated rings. The lowest BCUT2D eigenvalue weighted by atomic mass is 9.87. The highest BCUT2D eigenvalue weighted by molar-refractivity contribution is 4.93. The molecule has 1 radical (unpaired) electrons. The van der Waals surface area contributed by atoms with E-state index < -0.39 is 0 Å². The van der Waals surface area contributed by atoms with Crippen LogP contribution in [-0.2, 0) is 0 Å². The minimum Gasteiger partial charge on any atom is -0.0883 e. The summed E-state index contributed by atoms with van der Waals surface area (Å²) in [5.74, 6) is 0. The van der Waals surface area contributed by atoms with E-state index in [4.69, 9.17) is 0 Å². The minimum atomic E-state index is 0.359. The Labute approximate surface area is 65.3 Å². The average Bonchev–Trinajstić information content (AvgIpc) is 1.84. The van der Waals surface area contributed by atoms with Gasteiger partial charge in [-0.3, -0.25) is 0 Å². The molecule has 0 saturated heterocycles. The van der Waals surface area contributed by atoms with Gasteiger partial charge in [-0.25, -0.2) is 0 Å². The maximum absolute atomic E-state index is 3.85. The molecule has 0 heterocycles. The Kier molecular flexibility index (Phi) is 4.42. The highest BCUT2D eigenvalue weighted by Gasteiger charge is 2.10. The summed E-state index contributed by atoms with van der Waals surface area (Å²) in [5.41, 5.74) is 0.359. The molecule has 0 N–H and O–H groups in total. The van der Waals surface area contributed by atoms with Crippen LogP contribution in [-0.4, -0.2) is 0 Å². The summed E-state index contributed by atoms with van der Waals surface area (Å²) in [6.07, 6.45) is 7.87. The van der Waals surface area contributed by atoms with E-state index in [0.29, 0.717) is 5.41 Å². The Hall–Kier alpha value is -0.260. The van der Waals surface area contributed by atoms with E-state index in [9.17, 15) is 0 Å². The first-order chi connectivity index (χ1) is 4.62. The Morgan fingerprint density at radius 3 is 2.40 bits per heavy atom. The van der Waals surface area contributed by atoms with Gasteiger partial charge in [-0.15, -0.1) is 0 Å². The summed E-state index contributed by atoms with van der Waals surface area (Å²) in [7, 11) is 0. The molecule has 0 saturated carbocycles. The van der Waals surface area contributed by atoms with Crippen molar-refractivity contribution in [2.45, 2.75) is 40.0 Å². The predicted octanol–water partition coefficient (Wildman–Crippen LogP) is 3.59. The molecule has 0 heteroatoms. The van der Waals surface area contributed by atoms with E-state index in [1.165, 1.54) is 6.42 Å². The molecule has 0 aromatic rings. The zero-order valence-electron chi connectivity index (χ0n) is 7.48. The molecule has 0 bridgehead atoms. The molecule has 0 aromatic heterocycles. The first-order valence-corrected chi connectivity index (χ1v) is 4.09. The van der Waals surface area contributed by atoms with Crippen molar-refractivity contribution in [3.63, 3.8) is 0 Å². The van der Waals surface area contributed by atoms with Crippen LogP contribution in [0.25, 0.3) is 0 Å². The molecule has 0 nitrogen and oxygen atoms in total. The van der Waals surface area contributed by atoms with Gasteiger partial charge in [-0.05, 0) is 18.3 Å². The van der Waals surface area contributed by atoms with Gasteiger partial charge in [0.05, 0.1) is 0 Å². The van der Waals surface area contributed by atoms with E-state index in [0.717, 1.165) is 12.8 Å². The van der Waals surface area contributed by atoms with Crippen molar-refractivity contribution in [1.82, 2.24) is 0 Å². The second-order valence-electron chi connectivity index (χ2n) is 3.40.